The fourth-order valence-electron chi connectivity index (χ4n) is 2.12. The van der Waals surface area contributed by atoms with E-state index in [1.54, 1.807) is 5.92 Å². The number of halogens is 2. The Bertz CT molecular complexity index is 696. The topological polar surface area (TPSA) is 93.6 Å². The largest absolute Gasteiger partial charge is 0.383 e. The van der Waals surface area contributed by atoms with Gasteiger partial charge in [0.1, 0.15) is 6.61 Å². The Hall–Kier alpha value is -2.02. The molecule has 1 saturated heterocycles. The predicted octanol–water partition coefficient (Wildman–Crippen LogP) is -0.920. The lowest BCUT2D eigenvalue weighted by Crippen LogP contribution is -2.48. The van der Waals surface area contributed by atoms with Crippen molar-refractivity contribution < 1.29 is 23.4 Å². The first-order valence-corrected chi connectivity index (χ1v) is 5.80. The number of terminal acetylenes is 1. The van der Waals surface area contributed by atoms with Crippen molar-refractivity contribution in [1.29, 1.82) is 0 Å². The number of H-pyrrole nitrogens is 1. The maximum absolute atomic E-state index is 14.7. The molecule has 4 atom stereocenters. The monoisotopic (exact) mass is 302 g/mol. The molecule has 7 nitrogen and oxygen atoms in total. The van der Waals surface area contributed by atoms with Crippen molar-refractivity contribution in [2.24, 2.45) is 0 Å². The number of rotatable bonds is 3. The highest BCUT2D eigenvalue weighted by Crippen LogP contribution is 2.47. The molecule has 0 bridgehead atoms. The molecule has 1 aromatic rings. The summed E-state index contributed by atoms with van der Waals surface area (Å²) in [6.07, 6.45) is 1.58. The summed E-state index contributed by atoms with van der Waals surface area (Å²) in [6.45, 7) is -0.796. The summed E-state index contributed by atoms with van der Waals surface area (Å²) < 4.78 is 39.0. The molecule has 114 valence electrons. The minimum absolute atomic E-state index is 0.557. The van der Waals surface area contributed by atoms with Gasteiger partial charge in [0.15, 0.2) is 12.3 Å². The van der Waals surface area contributed by atoms with E-state index >= 15 is 0 Å². The molecule has 2 heterocycles. The van der Waals surface area contributed by atoms with Crippen molar-refractivity contribution in [3.8, 4) is 12.3 Å². The van der Waals surface area contributed by atoms with Gasteiger partial charge in [0.25, 0.3) is 11.4 Å². The molecule has 0 saturated carbocycles. The second-order valence-electron chi connectivity index (χ2n) is 4.52. The van der Waals surface area contributed by atoms with Gasteiger partial charge in [0, 0.05) is 19.4 Å². The number of nitrogens with one attached hydrogen (secondary N) is 1. The number of aromatic nitrogens is 2. The van der Waals surface area contributed by atoms with E-state index in [-0.39, 0.29) is 0 Å². The Labute approximate surface area is 117 Å². The van der Waals surface area contributed by atoms with E-state index in [1.807, 2.05) is 4.98 Å². The highest BCUT2D eigenvalue weighted by Gasteiger charge is 2.66. The number of alkyl halides is 2. The van der Waals surface area contributed by atoms with Crippen molar-refractivity contribution in [2.45, 2.75) is 23.9 Å². The first-order chi connectivity index (χ1) is 9.78. The molecule has 2 N–H and O–H groups in total. The van der Waals surface area contributed by atoms with Crippen molar-refractivity contribution in [3.63, 3.8) is 0 Å². The van der Waals surface area contributed by atoms with E-state index in [1.165, 1.54) is 0 Å². The van der Waals surface area contributed by atoms with Crippen LogP contribution in [0.15, 0.2) is 21.9 Å². The standard InChI is InChI=1S/C12H12F2N2O5/c1-3-11(13)8(18)12(14,6-20-2)21-9(11)16-5-4-7(17)15-10(16)19/h1,4-5,8-9,18H,6H2,2H3,(H,15,17,19)/t8-,9+,11+,12+/m0/s1. The first-order valence-electron chi connectivity index (χ1n) is 5.80. The fraction of sp³-hybridized carbons (Fsp3) is 0.500. The van der Waals surface area contributed by atoms with E-state index in [0.29, 0.717) is 4.57 Å². The molecular formula is C12H12F2N2O5. The van der Waals surface area contributed by atoms with Crippen molar-refractivity contribution in [3.05, 3.63) is 33.1 Å². The van der Waals surface area contributed by atoms with E-state index in [2.05, 4.69) is 4.74 Å². The van der Waals surface area contributed by atoms with Crippen LogP contribution in [0.1, 0.15) is 6.23 Å². The second-order valence-corrected chi connectivity index (χ2v) is 4.52. The Morgan fingerprint density at radius 2 is 2.29 bits per heavy atom. The quantitative estimate of drug-likeness (QED) is 0.704. The zero-order chi connectivity index (χ0) is 15.8. The molecule has 0 unspecified atom stereocenters. The Kier molecular flexibility index (Phi) is 3.71. The highest BCUT2D eigenvalue weighted by atomic mass is 19.2. The third-order valence-corrected chi connectivity index (χ3v) is 3.14. The SMILES string of the molecule is C#C[C@]1(F)[C@H](n2ccc(=O)[nH]c2=O)O[C@](F)(COC)[C@H]1O. The molecule has 0 aromatic carbocycles. The summed E-state index contributed by atoms with van der Waals surface area (Å²) in [6, 6.07) is 0.905. The normalized spacial score (nSPS) is 35.6. The number of methoxy groups -OCH3 is 1. The van der Waals surface area contributed by atoms with Crippen molar-refractivity contribution >= 4 is 0 Å². The number of aliphatic hydroxyl groups is 1. The summed E-state index contributed by atoms with van der Waals surface area (Å²) >= 11 is 0. The molecule has 1 aromatic heterocycles. The van der Waals surface area contributed by atoms with Crippen LogP contribution in [0.5, 0.6) is 0 Å². The van der Waals surface area contributed by atoms with Gasteiger partial charge in [-0.2, -0.15) is 0 Å². The third kappa shape index (κ3) is 2.27. The summed E-state index contributed by atoms with van der Waals surface area (Å²) in [4.78, 5) is 24.5. The molecule has 9 heteroatoms. The van der Waals surface area contributed by atoms with Crippen LogP contribution >= 0.6 is 0 Å². The van der Waals surface area contributed by atoms with Crippen LogP contribution in [-0.2, 0) is 9.47 Å². The summed E-state index contributed by atoms with van der Waals surface area (Å²) in [5, 5.41) is 9.79. The van der Waals surface area contributed by atoms with Crippen LogP contribution < -0.4 is 11.2 Å². The van der Waals surface area contributed by atoms with Crippen molar-refractivity contribution in [1.82, 2.24) is 9.55 Å². The van der Waals surface area contributed by atoms with Crippen LogP contribution in [-0.4, -0.2) is 46.0 Å². The van der Waals surface area contributed by atoms with Gasteiger partial charge in [-0.1, -0.05) is 5.92 Å². The number of aromatic amines is 1. The molecule has 2 rings (SSSR count). The van der Waals surface area contributed by atoms with Gasteiger partial charge in [0.2, 0.25) is 5.67 Å². The van der Waals surface area contributed by atoms with Crippen LogP contribution in [0.2, 0.25) is 0 Å². The molecule has 21 heavy (non-hydrogen) atoms. The lowest BCUT2D eigenvalue weighted by atomic mass is 9.96. The van der Waals surface area contributed by atoms with Gasteiger partial charge in [0.05, 0.1) is 0 Å². The summed E-state index contributed by atoms with van der Waals surface area (Å²) in [5.74, 6) is -1.33. The lowest BCUT2D eigenvalue weighted by Gasteiger charge is -2.23. The minimum Gasteiger partial charge on any atom is -0.383 e. The first kappa shape index (κ1) is 15.4. The van der Waals surface area contributed by atoms with Crippen LogP contribution in [0, 0.1) is 12.3 Å². The number of hydrogen-bond donors (Lipinski definition) is 2. The molecule has 0 spiro atoms. The maximum atomic E-state index is 14.7. The van der Waals surface area contributed by atoms with E-state index in [4.69, 9.17) is 11.2 Å². The third-order valence-electron chi connectivity index (χ3n) is 3.14. The predicted molar refractivity (Wildman–Crippen MR) is 65.8 cm³/mol. The van der Waals surface area contributed by atoms with Gasteiger partial charge < -0.3 is 14.6 Å². The fourth-order valence-corrected chi connectivity index (χ4v) is 2.12. The van der Waals surface area contributed by atoms with Gasteiger partial charge in [-0.05, 0) is 0 Å². The molecule has 1 aliphatic rings. The number of ether oxygens (including phenoxy) is 2. The number of hydrogen-bond acceptors (Lipinski definition) is 5. The molecule has 1 aliphatic heterocycles. The summed E-state index contributed by atoms with van der Waals surface area (Å²) in [5.41, 5.74) is -4.81. The lowest BCUT2D eigenvalue weighted by molar-refractivity contribution is -0.211. The van der Waals surface area contributed by atoms with Gasteiger partial charge in [-0.3, -0.25) is 14.3 Å². The Balaban J connectivity index is 2.55. The summed E-state index contributed by atoms with van der Waals surface area (Å²) in [7, 11) is 1.12. The molecule has 0 radical (unpaired) electrons. The average Bonchev–Trinajstić information content (AvgIpc) is 2.62. The van der Waals surface area contributed by atoms with Gasteiger partial charge in [-0.15, -0.1) is 6.42 Å². The smallest absolute Gasteiger partial charge is 0.330 e. The maximum Gasteiger partial charge on any atom is 0.330 e. The van der Waals surface area contributed by atoms with Gasteiger partial charge in [-0.25, -0.2) is 13.6 Å². The highest BCUT2D eigenvalue weighted by molar-refractivity contribution is 5.21. The molecule has 1 fully saturated rings. The molecular weight excluding hydrogens is 290 g/mol. The Morgan fingerprint density at radius 3 is 2.81 bits per heavy atom. The van der Waals surface area contributed by atoms with E-state index < -0.39 is 41.7 Å². The zero-order valence-corrected chi connectivity index (χ0v) is 10.9. The van der Waals surface area contributed by atoms with Crippen LogP contribution in [0.25, 0.3) is 0 Å². The minimum atomic E-state index is -3.02. The van der Waals surface area contributed by atoms with Crippen LogP contribution in [0.3, 0.4) is 0 Å². The molecule has 0 aliphatic carbocycles. The Morgan fingerprint density at radius 1 is 1.62 bits per heavy atom. The number of nitrogens with zero attached hydrogens (tertiary/aromatic N) is 1. The van der Waals surface area contributed by atoms with Crippen LogP contribution in [0.4, 0.5) is 8.78 Å². The van der Waals surface area contributed by atoms with Crippen molar-refractivity contribution in [2.75, 3.05) is 13.7 Å². The zero-order valence-electron chi connectivity index (χ0n) is 10.9. The number of aliphatic hydroxyl groups excluding tert-OH is 1. The average molecular weight is 302 g/mol. The molecule has 0 amide bonds. The van der Waals surface area contributed by atoms with Gasteiger partial charge >= 0.3 is 5.69 Å². The van der Waals surface area contributed by atoms with E-state index in [9.17, 15) is 23.5 Å². The van der Waals surface area contributed by atoms with E-state index in [0.717, 1.165) is 19.4 Å². The second kappa shape index (κ2) is 5.07.